The van der Waals surface area contributed by atoms with Crippen LogP contribution in [-0.4, -0.2) is 9.97 Å². The Morgan fingerprint density at radius 3 is 1.35 bits per heavy atom. The molecule has 31 heavy (non-hydrogen) atoms. The van der Waals surface area contributed by atoms with Crippen molar-refractivity contribution in [2.45, 2.75) is 52.4 Å². The lowest BCUT2D eigenvalue weighted by Crippen LogP contribution is -2.10. The molecule has 0 spiro atoms. The van der Waals surface area contributed by atoms with E-state index in [9.17, 15) is 0 Å². The molecule has 0 amide bonds. The maximum absolute atomic E-state index is 3.61. The van der Waals surface area contributed by atoms with Gasteiger partial charge in [-0.1, -0.05) is 53.7 Å². The molecule has 158 valence electrons. The topological polar surface area (TPSA) is 31.6 Å². The number of fused-ring (bicyclic) bond motifs is 2. The molecule has 0 fully saturated rings. The predicted molar refractivity (Wildman–Crippen MR) is 136 cm³/mol. The minimum absolute atomic E-state index is 0.157. The third kappa shape index (κ3) is 3.72. The number of H-pyrrole nitrogens is 2. The van der Waals surface area contributed by atoms with Crippen molar-refractivity contribution in [2.75, 3.05) is 0 Å². The van der Waals surface area contributed by atoms with E-state index in [2.05, 4.69) is 112 Å². The average Bonchev–Trinajstić information content (AvgIpc) is 3.41. The Bertz CT molecular complexity index is 1290. The molecule has 3 heteroatoms. The third-order valence-electron chi connectivity index (χ3n) is 6.11. The number of aromatic nitrogens is 2. The number of aromatic amines is 2. The van der Waals surface area contributed by atoms with Crippen molar-refractivity contribution in [1.29, 1.82) is 0 Å². The van der Waals surface area contributed by atoms with E-state index in [1.807, 2.05) is 11.3 Å². The molecule has 0 atom stereocenters. The van der Waals surface area contributed by atoms with E-state index < -0.39 is 0 Å². The Labute approximate surface area is 188 Å². The van der Waals surface area contributed by atoms with Crippen LogP contribution in [0.2, 0.25) is 0 Å². The zero-order chi connectivity index (χ0) is 22.0. The highest BCUT2D eigenvalue weighted by atomic mass is 32.1. The molecule has 2 aromatic carbocycles. The van der Waals surface area contributed by atoms with E-state index in [0.717, 1.165) is 0 Å². The molecule has 5 rings (SSSR count). The molecule has 0 bridgehead atoms. The number of hydrogen-bond donors (Lipinski definition) is 2. The van der Waals surface area contributed by atoms with Crippen LogP contribution in [0.4, 0.5) is 0 Å². The summed E-state index contributed by atoms with van der Waals surface area (Å²) in [5.41, 5.74) is 7.80. The third-order valence-corrected chi connectivity index (χ3v) is 7.26. The predicted octanol–water partition coefficient (Wildman–Crippen LogP) is 8.64. The first kappa shape index (κ1) is 20.1. The van der Waals surface area contributed by atoms with E-state index in [0.29, 0.717) is 0 Å². The molecule has 0 aliphatic rings. The zero-order valence-electron chi connectivity index (χ0n) is 19.2. The van der Waals surface area contributed by atoms with Gasteiger partial charge in [0, 0.05) is 21.8 Å². The molecule has 2 N–H and O–H groups in total. The first-order chi connectivity index (χ1) is 14.6. The van der Waals surface area contributed by atoms with Crippen molar-refractivity contribution in [1.82, 2.24) is 9.97 Å². The Hall–Kier alpha value is -2.78. The lowest BCUT2D eigenvalue weighted by molar-refractivity contribution is 0.591. The van der Waals surface area contributed by atoms with Gasteiger partial charge in [-0.25, -0.2) is 0 Å². The van der Waals surface area contributed by atoms with E-state index >= 15 is 0 Å². The first-order valence-electron chi connectivity index (χ1n) is 10.9. The van der Waals surface area contributed by atoms with Gasteiger partial charge in [0.25, 0.3) is 0 Å². The molecular formula is C28H30N2S. The average molecular weight is 427 g/mol. The van der Waals surface area contributed by atoms with Gasteiger partial charge in [-0.3, -0.25) is 0 Å². The van der Waals surface area contributed by atoms with Gasteiger partial charge in [-0.15, -0.1) is 11.3 Å². The molecule has 5 aromatic rings. The highest BCUT2D eigenvalue weighted by Gasteiger charge is 2.17. The monoisotopic (exact) mass is 426 g/mol. The van der Waals surface area contributed by atoms with Gasteiger partial charge in [0.1, 0.15) is 0 Å². The Balaban J connectivity index is 1.50. The molecule has 2 nitrogen and oxygen atoms in total. The summed E-state index contributed by atoms with van der Waals surface area (Å²) in [6.07, 6.45) is 0. The lowest BCUT2D eigenvalue weighted by atomic mass is 9.86. The molecule has 0 radical (unpaired) electrons. The van der Waals surface area contributed by atoms with Gasteiger partial charge in [0.15, 0.2) is 0 Å². The second-order valence-electron chi connectivity index (χ2n) is 10.6. The standard InChI is InChI=1S/C28H30N2S/c1-27(2,3)19-7-9-21-17(13-19)15-23(29-21)25-11-12-26(31-25)24-16-18-14-20(28(4,5)6)8-10-22(18)30-24/h7-16,29-30H,1-6H3. The van der Waals surface area contributed by atoms with Gasteiger partial charge in [-0.2, -0.15) is 0 Å². The summed E-state index contributed by atoms with van der Waals surface area (Å²) in [4.78, 5) is 9.74. The van der Waals surface area contributed by atoms with E-state index in [4.69, 9.17) is 0 Å². The lowest BCUT2D eigenvalue weighted by Gasteiger charge is -2.18. The molecule has 0 aliphatic carbocycles. The fourth-order valence-corrected chi connectivity index (χ4v) is 5.04. The molecule has 3 heterocycles. The van der Waals surface area contributed by atoms with Gasteiger partial charge < -0.3 is 9.97 Å². The summed E-state index contributed by atoms with van der Waals surface area (Å²) in [6, 6.07) is 22.5. The molecule has 0 aliphatic heterocycles. The van der Waals surface area contributed by atoms with E-state index in [-0.39, 0.29) is 10.8 Å². The number of hydrogen-bond acceptors (Lipinski definition) is 1. The Morgan fingerprint density at radius 1 is 0.548 bits per heavy atom. The van der Waals surface area contributed by atoms with E-state index in [1.54, 1.807) is 0 Å². The molecule has 0 saturated heterocycles. The maximum atomic E-state index is 3.61. The number of thiophene rings is 1. The fourth-order valence-electron chi connectivity index (χ4n) is 4.09. The Kier molecular flexibility index (Phi) is 4.46. The summed E-state index contributed by atoms with van der Waals surface area (Å²) in [6.45, 7) is 13.6. The van der Waals surface area contributed by atoms with Crippen LogP contribution >= 0.6 is 11.3 Å². The van der Waals surface area contributed by atoms with Crippen molar-refractivity contribution >= 4 is 33.1 Å². The largest absolute Gasteiger partial charge is 0.354 e. The van der Waals surface area contributed by atoms with Crippen LogP contribution in [0.15, 0.2) is 60.7 Å². The summed E-state index contributed by atoms with van der Waals surface area (Å²) in [5, 5.41) is 2.55. The molecule has 0 saturated carbocycles. The van der Waals surface area contributed by atoms with Gasteiger partial charge >= 0.3 is 0 Å². The van der Waals surface area contributed by atoms with Crippen molar-refractivity contribution in [3.05, 3.63) is 71.8 Å². The number of nitrogens with one attached hydrogen (secondary N) is 2. The number of rotatable bonds is 2. The highest BCUT2D eigenvalue weighted by Crippen LogP contribution is 2.37. The van der Waals surface area contributed by atoms with Crippen LogP contribution in [-0.2, 0) is 10.8 Å². The first-order valence-corrected chi connectivity index (χ1v) is 11.8. The zero-order valence-corrected chi connectivity index (χ0v) is 20.0. The Morgan fingerprint density at radius 2 is 0.968 bits per heavy atom. The SMILES string of the molecule is CC(C)(C)c1ccc2[nH]c(-c3ccc(-c4cc5cc(C(C)(C)C)ccc5[nH]4)s3)cc2c1. The minimum atomic E-state index is 0.157. The van der Waals surface area contributed by atoms with E-state index in [1.165, 1.54) is 54.1 Å². The summed E-state index contributed by atoms with van der Waals surface area (Å²) >= 11 is 1.83. The van der Waals surface area contributed by atoms with Crippen LogP contribution in [0.25, 0.3) is 42.9 Å². The second kappa shape index (κ2) is 6.86. The van der Waals surface area contributed by atoms with Gasteiger partial charge in [0.05, 0.1) is 21.1 Å². The number of benzene rings is 2. The van der Waals surface area contributed by atoms with Crippen LogP contribution in [0.1, 0.15) is 52.7 Å². The van der Waals surface area contributed by atoms with Crippen LogP contribution in [0.5, 0.6) is 0 Å². The van der Waals surface area contributed by atoms with Crippen molar-refractivity contribution < 1.29 is 0 Å². The quantitative estimate of drug-likeness (QED) is 0.283. The molecule has 0 unspecified atom stereocenters. The van der Waals surface area contributed by atoms with Crippen LogP contribution < -0.4 is 0 Å². The van der Waals surface area contributed by atoms with Crippen molar-refractivity contribution in [2.24, 2.45) is 0 Å². The highest BCUT2D eigenvalue weighted by molar-refractivity contribution is 7.18. The van der Waals surface area contributed by atoms with Crippen molar-refractivity contribution in [3.8, 4) is 21.1 Å². The van der Waals surface area contributed by atoms with Gasteiger partial charge in [0.2, 0.25) is 0 Å². The van der Waals surface area contributed by atoms with Crippen molar-refractivity contribution in [3.63, 3.8) is 0 Å². The summed E-state index contributed by atoms with van der Waals surface area (Å²) < 4.78 is 0. The second-order valence-corrected chi connectivity index (χ2v) is 11.7. The van der Waals surface area contributed by atoms with Crippen LogP contribution in [0.3, 0.4) is 0 Å². The van der Waals surface area contributed by atoms with Gasteiger partial charge in [-0.05, 0) is 70.5 Å². The molecular weight excluding hydrogens is 396 g/mol. The minimum Gasteiger partial charge on any atom is -0.354 e. The smallest absolute Gasteiger partial charge is 0.0566 e. The maximum Gasteiger partial charge on any atom is 0.0566 e. The fraction of sp³-hybridized carbons (Fsp3) is 0.286. The normalized spacial score (nSPS) is 12.8. The molecule has 3 aromatic heterocycles. The summed E-state index contributed by atoms with van der Waals surface area (Å²) in [5.74, 6) is 0. The van der Waals surface area contributed by atoms with Crippen LogP contribution in [0, 0.1) is 0 Å². The summed E-state index contributed by atoms with van der Waals surface area (Å²) in [7, 11) is 0.